The van der Waals surface area contributed by atoms with Gasteiger partial charge in [-0.25, -0.2) is 0 Å². The molecule has 1 fully saturated rings. The monoisotopic (exact) mass is 362 g/mol. The molecule has 2 atom stereocenters. The van der Waals surface area contributed by atoms with Gasteiger partial charge in [-0.05, 0) is 29.7 Å². The summed E-state index contributed by atoms with van der Waals surface area (Å²) < 4.78 is 0. The summed E-state index contributed by atoms with van der Waals surface area (Å²) in [6, 6.07) is 15.6. The molecule has 27 heavy (non-hydrogen) atoms. The molecule has 2 aromatic carbocycles. The third kappa shape index (κ3) is 3.21. The van der Waals surface area contributed by atoms with Crippen LogP contribution in [0.5, 0.6) is 0 Å². The molecule has 1 amide bonds. The summed E-state index contributed by atoms with van der Waals surface area (Å²) in [5.41, 5.74) is 4.08. The second-order valence-electron chi connectivity index (χ2n) is 7.25. The molecule has 0 saturated carbocycles. The van der Waals surface area contributed by atoms with Gasteiger partial charge in [0.15, 0.2) is 0 Å². The normalized spacial score (nSPS) is 19.5. The fourth-order valence-electron chi connectivity index (χ4n) is 4.16. The first kappa shape index (κ1) is 17.3. The zero-order valence-corrected chi connectivity index (χ0v) is 15.2. The van der Waals surface area contributed by atoms with E-state index in [-0.39, 0.29) is 24.8 Å². The molecule has 0 spiro atoms. The van der Waals surface area contributed by atoms with Crippen molar-refractivity contribution in [2.45, 2.75) is 19.3 Å². The molecule has 0 bridgehead atoms. The van der Waals surface area contributed by atoms with Crippen LogP contribution in [-0.4, -0.2) is 40.0 Å². The lowest BCUT2D eigenvalue weighted by atomic mass is 9.89. The summed E-state index contributed by atoms with van der Waals surface area (Å²) in [5, 5.41) is 10.7. The number of carboxylic acids is 1. The molecular formula is C22H22N2O3. The number of rotatable bonds is 4. The fraction of sp³-hybridized carbons (Fsp3) is 0.273. The van der Waals surface area contributed by atoms with Crippen molar-refractivity contribution in [3.63, 3.8) is 0 Å². The van der Waals surface area contributed by atoms with Gasteiger partial charge in [0.1, 0.15) is 0 Å². The maximum atomic E-state index is 12.9. The van der Waals surface area contributed by atoms with Crippen LogP contribution in [0, 0.1) is 12.8 Å². The van der Waals surface area contributed by atoms with Gasteiger partial charge in [-0.1, -0.05) is 42.5 Å². The van der Waals surface area contributed by atoms with Crippen LogP contribution in [0.2, 0.25) is 0 Å². The molecule has 0 aliphatic carbocycles. The standard InChI is InChI=1S/C22H22N2O3/c1-14-6-5-9-19-21(14)16(11-23-19)10-20(25)24-12-17(18(13-24)22(26)27)15-7-3-2-4-8-15/h2-9,11,17-18,23H,10,12-13H2,1H3,(H,26,27)/t17-,18-/m0/s1. The van der Waals surface area contributed by atoms with E-state index in [2.05, 4.69) is 4.98 Å². The maximum Gasteiger partial charge on any atom is 0.308 e. The number of benzene rings is 2. The van der Waals surface area contributed by atoms with E-state index in [0.717, 1.165) is 27.6 Å². The van der Waals surface area contributed by atoms with Crippen LogP contribution in [0.4, 0.5) is 0 Å². The number of H-pyrrole nitrogens is 1. The lowest BCUT2D eigenvalue weighted by Crippen LogP contribution is -2.31. The zero-order chi connectivity index (χ0) is 19.0. The predicted octanol–water partition coefficient (Wildman–Crippen LogP) is 3.35. The average molecular weight is 362 g/mol. The fourth-order valence-corrected chi connectivity index (χ4v) is 4.16. The van der Waals surface area contributed by atoms with Crippen LogP contribution in [0.3, 0.4) is 0 Å². The molecule has 2 heterocycles. The first-order valence-corrected chi connectivity index (χ1v) is 9.15. The van der Waals surface area contributed by atoms with E-state index in [1.807, 2.05) is 61.7 Å². The smallest absolute Gasteiger partial charge is 0.308 e. The van der Waals surface area contributed by atoms with Crippen molar-refractivity contribution >= 4 is 22.8 Å². The quantitative estimate of drug-likeness (QED) is 0.747. The Kier molecular flexibility index (Phi) is 4.44. The minimum atomic E-state index is -0.845. The third-order valence-corrected chi connectivity index (χ3v) is 5.55. The molecular weight excluding hydrogens is 340 g/mol. The van der Waals surface area contributed by atoms with E-state index in [0.29, 0.717) is 6.54 Å². The molecule has 1 aliphatic rings. The number of hydrogen-bond acceptors (Lipinski definition) is 2. The van der Waals surface area contributed by atoms with E-state index >= 15 is 0 Å². The van der Waals surface area contributed by atoms with E-state index in [4.69, 9.17) is 0 Å². The molecule has 5 heteroatoms. The van der Waals surface area contributed by atoms with Gasteiger partial charge in [0.25, 0.3) is 0 Å². The van der Waals surface area contributed by atoms with Gasteiger partial charge >= 0.3 is 5.97 Å². The predicted molar refractivity (Wildman–Crippen MR) is 104 cm³/mol. The number of aromatic nitrogens is 1. The minimum Gasteiger partial charge on any atom is -0.481 e. The summed E-state index contributed by atoms with van der Waals surface area (Å²) in [5.74, 6) is -1.61. The van der Waals surface area contributed by atoms with E-state index < -0.39 is 11.9 Å². The number of carbonyl (C=O) groups excluding carboxylic acids is 1. The van der Waals surface area contributed by atoms with E-state index in [1.54, 1.807) is 4.90 Å². The molecule has 4 rings (SSSR count). The van der Waals surface area contributed by atoms with Crippen LogP contribution < -0.4 is 0 Å². The molecule has 2 N–H and O–H groups in total. The molecule has 5 nitrogen and oxygen atoms in total. The lowest BCUT2D eigenvalue weighted by Gasteiger charge is -2.16. The molecule has 1 aromatic heterocycles. The van der Waals surface area contributed by atoms with Gasteiger partial charge in [0.05, 0.1) is 12.3 Å². The Labute approximate surface area is 157 Å². The van der Waals surface area contributed by atoms with Crippen LogP contribution in [-0.2, 0) is 16.0 Å². The number of nitrogens with zero attached hydrogens (tertiary/aromatic N) is 1. The number of aromatic amines is 1. The number of aliphatic carboxylic acids is 1. The largest absolute Gasteiger partial charge is 0.481 e. The highest BCUT2D eigenvalue weighted by Crippen LogP contribution is 2.33. The Morgan fingerprint density at radius 3 is 2.63 bits per heavy atom. The van der Waals surface area contributed by atoms with Crippen LogP contribution in [0.15, 0.2) is 54.7 Å². The number of likely N-dealkylation sites (tertiary alicyclic amines) is 1. The summed E-state index contributed by atoms with van der Waals surface area (Å²) in [6.07, 6.45) is 2.16. The highest BCUT2D eigenvalue weighted by atomic mass is 16.4. The zero-order valence-electron chi connectivity index (χ0n) is 15.2. The van der Waals surface area contributed by atoms with Crippen molar-refractivity contribution in [2.75, 3.05) is 13.1 Å². The Morgan fingerprint density at radius 1 is 1.11 bits per heavy atom. The van der Waals surface area contributed by atoms with Crippen molar-refractivity contribution in [1.82, 2.24) is 9.88 Å². The molecule has 1 saturated heterocycles. The number of hydrogen-bond donors (Lipinski definition) is 2. The number of nitrogens with one attached hydrogen (secondary N) is 1. The van der Waals surface area contributed by atoms with Gasteiger partial charge in [-0.2, -0.15) is 0 Å². The highest BCUT2D eigenvalue weighted by molar-refractivity contribution is 5.91. The van der Waals surface area contributed by atoms with Gasteiger partial charge in [-0.3, -0.25) is 9.59 Å². The van der Waals surface area contributed by atoms with Crippen molar-refractivity contribution in [2.24, 2.45) is 5.92 Å². The summed E-state index contributed by atoms with van der Waals surface area (Å²) in [4.78, 5) is 29.6. The number of aryl methyl sites for hydroxylation is 1. The topological polar surface area (TPSA) is 73.4 Å². The highest BCUT2D eigenvalue weighted by Gasteiger charge is 2.40. The van der Waals surface area contributed by atoms with E-state index in [1.165, 1.54) is 0 Å². The molecule has 0 radical (unpaired) electrons. The number of carbonyl (C=O) groups is 2. The van der Waals surface area contributed by atoms with Gasteiger partial charge in [-0.15, -0.1) is 0 Å². The molecule has 1 aliphatic heterocycles. The third-order valence-electron chi connectivity index (χ3n) is 5.55. The number of carboxylic acid groups (broad SMARTS) is 1. The van der Waals surface area contributed by atoms with E-state index in [9.17, 15) is 14.7 Å². The van der Waals surface area contributed by atoms with Crippen molar-refractivity contribution < 1.29 is 14.7 Å². The number of fused-ring (bicyclic) bond motifs is 1. The van der Waals surface area contributed by atoms with Crippen molar-refractivity contribution in [3.8, 4) is 0 Å². The van der Waals surface area contributed by atoms with Gasteiger partial charge in [0.2, 0.25) is 5.91 Å². The van der Waals surface area contributed by atoms with Crippen LogP contribution >= 0.6 is 0 Å². The first-order valence-electron chi connectivity index (χ1n) is 9.15. The van der Waals surface area contributed by atoms with Gasteiger partial charge < -0.3 is 15.0 Å². The average Bonchev–Trinajstić information content (AvgIpc) is 3.28. The van der Waals surface area contributed by atoms with Crippen LogP contribution in [0.25, 0.3) is 10.9 Å². The number of amides is 1. The molecule has 138 valence electrons. The first-order chi connectivity index (χ1) is 13.0. The Bertz CT molecular complexity index is 993. The molecule has 3 aromatic rings. The Balaban J connectivity index is 1.56. The second kappa shape index (κ2) is 6.91. The summed E-state index contributed by atoms with van der Waals surface area (Å²) >= 11 is 0. The van der Waals surface area contributed by atoms with Gasteiger partial charge in [0, 0.05) is 36.1 Å². The Hall–Kier alpha value is -3.08. The van der Waals surface area contributed by atoms with Crippen molar-refractivity contribution in [3.05, 3.63) is 71.4 Å². The summed E-state index contributed by atoms with van der Waals surface area (Å²) in [6.45, 7) is 2.74. The summed E-state index contributed by atoms with van der Waals surface area (Å²) in [7, 11) is 0. The minimum absolute atomic E-state index is 0.0242. The second-order valence-corrected chi connectivity index (χ2v) is 7.25. The lowest BCUT2D eigenvalue weighted by molar-refractivity contribution is -0.141. The maximum absolute atomic E-state index is 12.9. The molecule has 0 unspecified atom stereocenters. The van der Waals surface area contributed by atoms with Crippen LogP contribution in [0.1, 0.15) is 22.6 Å². The SMILES string of the molecule is Cc1cccc2[nH]cc(CC(=O)N3C[C@H](C(=O)O)[C@H](c4ccccc4)C3)c12. The van der Waals surface area contributed by atoms with Crippen molar-refractivity contribution in [1.29, 1.82) is 0 Å². The Morgan fingerprint density at radius 2 is 1.89 bits per heavy atom.